The maximum Gasteiger partial charge on any atom is 0.227 e. The molecule has 0 saturated carbocycles. The zero-order chi connectivity index (χ0) is 23.0. The lowest BCUT2D eigenvalue weighted by Crippen LogP contribution is -2.34. The van der Waals surface area contributed by atoms with Crippen LogP contribution in [0.15, 0.2) is 55.1 Å². The predicted molar refractivity (Wildman–Crippen MR) is 129 cm³/mol. The molecule has 4 rings (SSSR count). The largest absolute Gasteiger partial charge is 0.495 e. The number of methoxy groups -OCH3 is 1. The van der Waals surface area contributed by atoms with Gasteiger partial charge >= 0.3 is 0 Å². The number of anilines is 2. The zero-order valence-electron chi connectivity index (χ0n) is 19.0. The molecular formula is C25H30N6O2. The number of amides is 1. The molecule has 1 unspecified atom stereocenters. The van der Waals surface area contributed by atoms with E-state index >= 15 is 0 Å². The summed E-state index contributed by atoms with van der Waals surface area (Å²) in [6.07, 6.45) is 9.64. The average molecular weight is 447 g/mol. The van der Waals surface area contributed by atoms with E-state index < -0.39 is 0 Å². The highest BCUT2D eigenvalue weighted by Gasteiger charge is 2.22. The molecule has 1 aliphatic rings. The van der Waals surface area contributed by atoms with Crippen LogP contribution in [-0.2, 0) is 4.79 Å². The number of carbonyl (C=O) groups is 1. The van der Waals surface area contributed by atoms with Crippen LogP contribution < -0.4 is 20.7 Å². The Hall–Kier alpha value is -3.52. The van der Waals surface area contributed by atoms with E-state index in [1.54, 1.807) is 25.7 Å². The minimum Gasteiger partial charge on any atom is -0.495 e. The Morgan fingerprint density at radius 1 is 1.18 bits per heavy atom. The smallest absolute Gasteiger partial charge is 0.227 e. The number of hydrogen-bond donors (Lipinski definition) is 3. The molecule has 3 N–H and O–H groups in total. The fourth-order valence-corrected chi connectivity index (χ4v) is 4.03. The lowest BCUT2D eigenvalue weighted by atomic mass is 9.97. The minimum atomic E-state index is 0.0237. The standard InChI is InChI=1S/C25H30N6O2/c1-3-20(19-5-4-10-27-14-19)29-24-16-28-15-22(30-24)18-6-7-21(23(13-18)33-2)31-25(32)17-8-11-26-12-9-17/h4-7,10,13-17,20,26H,3,8-9,11-12H2,1-2H3,(H,29,30)(H,31,32). The SMILES string of the molecule is CCC(Nc1cncc(-c2ccc(NC(=O)C3CCNCC3)c(OC)c2)n1)c1cccnc1. The highest BCUT2D eigenvalue weighted by Crippen LogP contribution is 2.31. The molecule has 1 fully saturated rings. The van der Waals surface area contributed by atoms with Gasteiger partial charge in [-0.2, -0.15) is 0 Å². The number of pyridine rings is 1. The molecule has 8 nitrogen and oxygen atoms in total. The van der Waals surface area contributed by atoms with Gasteiger partial charge in [-0.25, -0.2) is 4.98 Å². The molecule has 0 bridgehead atoms. The molecule has 3 aromatic rings. The molecule has 1 aromatic carbocycles. The second kappa shape index (κ2) is 10.9. The highest BCUT2D eigenvalue weighted by molar-refractivity contribution is 5.94. The van der Waals surface area contributed by atoms with Crippen molar-refractivity contribution in [1.82, 2.24) is 20.3 Å². The summed E-state index contributed by atoms with van der Waals surface area (Å²) >= 11 is 0. The van der Waals surface area contributed by atoms with Crippen LogP contribution in [0.4, 0.5) is 11.5 Å². The molecule has 33 heavy (non-hydrogen) atoms. The third-order valence-electron chi connectivity index (χ3n) is 5.92. The van der Waals surface area contributed by atoms with Crippen molar-refractivity contribution in [3.63, 3.8) is 0 Å². The summed E-state index contributed by atoms with van der Waals surface area (Å²) in [7, 11) is 1.60. The number of ether oxygens (including phenoxy) is 1. The van der Waals surface area contributed by atoms with Crippen LogP contribution >= 0.6 is 0 Å². The Balaban J connectivity index is 1.51. The van der Waals surface area contributed by atoms with Crippen molar-refractivity contribution in [3.8, 4) is 17.0 Å². The summed E-state index contributed by atoms with van der Waals surface area (Å²) in [6, 6.07) is 9.73. The summed E-state index contributed by atoms with van der Waals surface area (Å²) in [5.74, 6) is 1.34. The van der Waals surface area contributed by atoms with E-state index in [2.05, 4.69) is 32.8 Å². The van der Waals surface area contributed by atoms with Crippen molar-refractivity contribution in [2.24, 2.45) is 5.92 Å². The first-order valence-electron chi connectivity index (χ1n) is 11.4. The summed E-state index contributed by atoms with van der Waals surface area (Å²) in [4.78, 5) is 26.0. The Bertz CT molecular complexity index is 1070. The van der Waals surface area contributed by atoms with Gasteiger partial charge in [0.2, 0.25) is 5.91 Å². The Morgan fingerprint density at radius 2 is 2.03 bits per heavy atom. The van der Waals surface area contributed by atoms with E-state index in [1.165, 1.54) is 0 Å². The second-order valence-corrected chi connectivity index (χ2v) is 8.11. The molecule has 0 spiro atoms. The van der Waals surface area contributed by atoms with Gasteiger partial charge in [0, 0.05) is 23.9 Å². The minimum absolute atomic E-state index is 0.0237. The third-order valence-corrected chi connectivity index (χ3v) is 5.92. The number of aromatic nitrogens is 3. The van der Waals surface area contributed by atoms with Crippen molar-refractivity contribution in [1.29, 1.82) is 0 Å². The van der Waals surface area contributed by atoms with Gasteiger partial charge in [-0.05, 0) is 56.1 Å². The van der Waals surface area contributed by atoms with Crippen molar-refractivity contribution < 1.29 is 9.53 Å². The van der Waals surface area contributed by atoms with Crippen LogP contribution in [0.1, 0.15) is 37.8 Å². The van der Waals surface area contributed by atoms with Crippen LogP contribution in [0, 0.1) is 5.92 Å². The van der Waals surface area contributed by atoms with Gasteiger partial charge in [-0.3, -0.25) is 14.8 Å². The fourth-order valence-electron chi connectivity index (χ4n) is 4.03. The first-order chi connectivity index (χ1) is 16.2. The predicted octanol–water partition coefficient (Wildman–Crippen LogP) is 4.05. The summed E-state index contributed by atoms with van der Waals surface area (Å²) in [5.41, 5.74) is 3.34. The van der Waals surface area contributed by atoms with Gasteiger partial charge in [-0.15, -0.1) is 0 Å². The molecular weight excluding hydrogens is 416 g/mol. The van der Waals surface area contributed by atoms with Crippen LogP contribution in [0.25, 0.3) is 11.3 Å². The van der Waals surface area contributed by atoms with E-state index in [9.17, 15) is 4.79 Å². The summed E-state index contributed by atoms with van der Waals surface area (Å²) < 4.78 is 5.57. The van der Waals surface area contributed by atoms with Crippen molar-refractivity contribution >= 4 is 17.4 Å². The molecule has 2 aromatic heterocycles. The molecule has 1 aliphatic heterocycles. The van der Waals surface area contributed by atoms with Gasteiger partial charge in [-0.1, -0.05) is 19.1 Å². The molecule has 1 amide bonds. The number of carbonyl (C=O) groups excluding carboxylic acids is 1. The topological polar surface area (TPSA) is 101 Å². The monoisotopic (exact) mass is 446 g/mol. The van der Waals surface area contributed by atoms with Gasteiger partial charge < -0.3 is 20.7 Å². The van der Waals surface area contributed by atoms with E-state index in [0.717, 1.165) is 49.2 Å². The van der Waals surface area contributed by atoms with Gasteiger partial charge in [0.05, 0.1) is 36.9 Å². The van der Waals surface area contributed by atoms with E-state index in [0.29, 0.717) is 17.3 Å². The number of nitrogens with one attached hydrogen (secondary N) is 3. The van der Waals surface area contributed by atoms with Gasteiger partial charge in [0.15, 0.2) is 0 Å². The normalized spacial score (nSPS) is 15.0. The van der Waals surface area contributed by atoms with E-state index in [4.69, 9.17) is 9.72 Å². The fraction of sp³-hybridized carbons (Fsp3) is 0.360. The highest BCUT2D eigenvalue weighted by atomic mass is 16.5. The number of rotatable bonds is 8. The van der Waals surface area contributed by atoms with E-state index in [-0.39, 0.29) is 17.9 Å². The molecule has 0 aliphatic carbocycles. The van der Waals surface area contributed by atoms with Crippen molar-refractivity contribution in [2.45, 2.75) is 32.2 Å². The Kier molecular flexibility index (Phi) is 7.47. The number of benzene rings is 1. The van der Waals surface area contributed by atoms with Gasteiger partial charge in [0.25, 0.3) is 0 Å². The first kappa shape index (κ1) is 22.7. The first-order valence-corrected chi connectivity index (χ1v) is 11.4. The third kappa shape index (κ3) is 5.64. The Labute approximate surface area is 194 Å². The van der Waals surface area contributed by atoms with Crippen LogP contribution in [0.5, 0.6) is 5.75 Å². The van der Waals surface area contributed by atoms with Crippen molar-refractivity contribution in [2.75, 3.05) is 30.8 Å². The number of piperidine rings is 1. The van der Waals surface area contributed by atoms with Crippen LogP contribution in [0.2, 0.25) is 0 Å². The van der Waals surface area contributed by atoms with E-state index in [1.807, 2.05) is 36.5 Å². The Morgan fingerprint density at radius 3 is 2.76 bits per heavy atom. The lowest BCUT2D eigenvalue weighted by molar-refractivity contribution is -0.120. The maximum absolute atomic E-state index is 12.7. The summed E-state index contributed by atoms with van der Waals surface area (Å²) in [5, 5.41) is 9.76. The van der Waals surface area contributed by atoms with Gasteiger partial charge in [0.1, 0.15) is 11.6 Å². The summed E-state index contributed by atoms with van der Waals surface area (Å²) in [6.45, 7) is 3.86. The molecule has 0 radical (unpaired) electrons. The quantitative estimate of drug-likeness (QED) is 0.480. The van der Waals surface area contributed by atoms with Crippen molar-refractivity contribution in [3.05, 3.63) is 60.7 Å². The zero-order valence-corrected chi connectivity index (χ0v) is 19.0. The van der Waals surface area contributed by atoms with Crippen LogP contribution in [-0.4, -0.2) is 41.1 Å². The number of hydrogen-bond acceptors (Lipinski definition) is 7. The second-order valence-electron chi connectivity index (χ2n) is 8.11. The molecule has 3 heterocycles. The average Bonchev–Trinajstić information content (AvgIpc) is 2.88. The van der Waals surface area contributed by atoms with Crippen LogP contribution in [0.3, 0.4) is 0 Å². The molecule has 172 valence electrons. The lowest BCUT2D eigenvalue weighted by Gasteiger charge is -2.22. The molecule has 8 heteroatoms. The maximum atomic E-state index is 12.7. The molecule has 1 saturated heterocycles. The number of nitrogens with zero attached hydrogens (tertiary/aromatic N) is 3. The molecule has 1 atom stereocenters.